The molecule has 1 N–H and O–H groups in total. The Hall–Kier alpha value is -0.180. The van der Waals surface area contributed by atoms with Gasteiger partial charge in [-0.15, -0.1) is 0 Å². The van der Waals surface area contributed by atoms with E-state index in [9.17, 15) is 4.39 Å². The monoisotopic (exact) mass is 119 g/mol. The van der Waals surface area contributed by atoms with E-state index in [4.69, 9.17) is 0 Å². The Morgan fingerprint density at radius 2 is 2.71 bits per heavy atom. The molecule has 1 aliphatic rings. The topological polar surface area (TPSA) is 12.0 Å². The highest BCUT2D eigenvalue weighted by molar-refractivity contribution is 8.02. The normalized spacial score (nSPS) is 29.4. The standard InChI is InChI=1S/C4H6FNS/c1-3-2-7-4(5)6-3/h2,4,6H,1H3. The van der Waals surface area contributed by atoms with Gasteiger partial charge in [-0.05, 0) is 12.3 Å². The largest absolute Gasteiger partial charge is 0.350 e. The van der Waals surface area contributed by atoms with E-state index >= 15 is 0 Å². The van der Waals surface area contributed by atoms with Crippen molar-refractivity contribution in [3.05, 3.63) is 11.1 Å². The average Bonchev–Trinajstić information content (AvgIpc) is 1.87. The molecule has 1 atom stereocenters. The molecule has 0 aromatic rings. The van der Waals surface area contributed by atoms with Crippen LogP contribution in [-0.2, 0) is 0 Å². The number of alkyl halides is 1. The van der Waals surface area contributed by atoms with Gasteiger partial charge < -0.3 is 5.32 Å². The second-order valence-electron chi connectivity index (χ2n) is 1.40. The van der Waals surface area contributed by atoms with Gasteiger partial charge in [0.1, 0.15) is 0 Å². The first-order valence-electron chi connectivity index (χ1n) is 2.02. The van der Waals surface area contributed by atoms with Gasteiger partial charge in [-0.25, -0.2) is 4.39 Å². The van der Waals surface area contributed by atoms with Crippen molar-refractivity contribution in [1.29, 1.82) is 0 Å². The number of hydrogen-bond acceptors (Lipinski definition) is 2. The summed E-state index contributed by atoms with van der Waals surface area (Å²) in [5.74, 6) is 0. The summed E-state index contributed by atoms with van der Waals surface area (Å²) in [6.45, 7) is 1.84. The van der Waals surface area contributed by atoms with Crippen LogP contribution in [0.25, 0.3) is 0 Å². The summed E-state index contributed by atoms with van der Waals surface area (Å²) in [5.41, 5.74) is 0.0116. The van der Waals surface area contributed by atoms with Gasteiger partial charge >= 0.3 is 0 Å². The van der Waals surface area contributed by atoms with Gasteiger partial charge in [0, 0.05) is 5.70 Å². The molecule has 0 saturated heterocycles. The van der Waals surface area contributed by atoms with Gasteiger partial charge in [-0.3, -0.25) is 0 Å². The Labute approximate surface area is 46.0 Å². The molecule has 1 aliphatic heterocycles. The number of rotatable bonds is 0. The first kappa shape index (κ1) is 4.97. The number of hydrogen-bond donors (Lipinski definition) is 1. The Morgan fingerprint density at radius 3 is 2.86 bits per heavy atom. The lowest BCUT2D eigenvalue weighted by molar-refractivity contribution is 0.417. The molecule has 7 heavy (non-hydrogen) atoms. The second-order valence-corrected chi connectivity index (χ2v) is 2.32. The highest BCUT2D eigenvalue weighted by atomic mass is 32.2. The van der Waals surface area contributed by atoms with Crippen LogP contribution in [0.1, 0.15) is 6.92 Å². The van der Waals surface area contributed by atoms with E-state index in [2.05, 4.69) is 5.32 Å². The molecule has 0 aromatic heterocycles. The molecule has 0 saturated carbocycles. The summed E-state index contributed by atoms with van der Waals surface area (Å²) in [5, 5.41) is 4.34. The first-order chi connectivity index (χ1) is 3.29. The fourth-order valence-electron chi connectivity index (χ4n) is 0.409. The zero-order valence-electron chi connectivity index (χ0n) is 3.94. The third-order valence-electron chi connectivity index (χ3n) is 0.705. The van der Waals surface area contributed by atoms with Gasteiger partial charge in [0.15, 0.2) is 0 Å². The van der Waals surface area contributed by atoms with Gasteiger partial charge in [-0.2, -0.15) is 0 Å². The van der Waals surface area contributed by atoms with Crippen molar-refractivity contribution in [3.8, 4) is 0 Å². The first-order valence-corrected chi connectivity index (χ1v) is 2.96. The number of halogens is 1. The van der Waals surface area contributed by atoms with E-state index in [1.54, 1.807) is 5.41 Å². The molecule has 1 heterocycles. The predicted molar refractivity (Wildman–Crippen MR) is 29.4 cm³/mol. The molecule has 0 amide bonds. The predicted octanol–water partition coefficient (Wildman–Crippen LogP) is 1.44. The minimum Gasteiger partial charge on any atom is -0.350 e. The van der Waals surface area contributed by atoms with Crippen molar-refractivity contribution >= 4 is 11.8 Å². The highest BCUT2D eigenvalue weighted by Crippen LogP contribution is 2.20. The Balaban J connectivity index is 2.42. The minimum absolute atomic E-state index is 0.903. The van der Waals surface area contributed by atoms with E-state index in [1.165, 1.54) is 11.8 Å². The van der Waals surface area contributed by atoms with Crippen molar-refractivity contribution < 1.29 is 4.39 Å². The number of allylic oxidation sites excluding steroid dienone is 1. The van der Waals surface area contributed by atoms with E-state index in [0.717, 1.165) is 5.70 Å². The molecule has 1 nitrogen and oxygen atoms in total. The zero-order chi connectivity index (χ0) is 5.28. The van der Waals surface area contributed by atoms with Gasteiger partial charge in [0.25, 0.3) is 0 Å². The van der Waals surface area contributed by atoms with Gasteiger partial charge in [-0.1, -0.05) is 11.8 Å². The van der Waals surface area contributed by atoms with Crippen LogP contribution < -0.4 is 5.32 Å². The molecule has 3 heteroatoms. The molecule has 0 bridgehead atoms. The van der Waals surface area contributed by atoms with Gasteiger partial charge in [0.2, 0.25) is 5.63 Å². The Kier molecular flexibility index (Phi) is 1.23. The lowest BCUT2D eigenvalue weighted by Crippen LogP contribution is -2.12. The molecule has 1 unspecified atom stereocenters. The lowest BCUT2D eigenvalue weighted by atomic mass is 10.6. The maximum atomic E-state index is 12.0. The molecule has 0 spiro atoms. The van der Waals surface area contributed by atoms with E-state index in [1.807, 2.05) is 6.92 Å². The van der Waals surface area contributed by atoms with Crippen LogP contribution in [0.2, 0.25) is 0 Å². The van der Waals surface area contributed by atoms with Crippen molar-refractivity contribution in [2.45, 2.75) is 12.6 Å². The van der Waals surface area contributed by atoms with Crippen LogP contribution in [0.3, 0.4) is 0 Å². The molecule has 0 radical (unpaired) electrons. The van der Waals surface area contributed by atoms with E-state index in [-0.39, 0.29) is 0 Å². The van der Waals surface area contributed by atoms with Gasteiger partial charge in [0.05, 0.1) is 0 Å². The third kappa shape index (κ3) is 1.09. The fraction of sp³-hybridized carbons (Fsp3) is 0.500. The Bertz CT molecular complexity index is 102. The SMILES string of the molecule is CC1=CSC(F)N1. The third-order valence-corrected chi connectivity index (χ3v) is 1.55. The number of thioether (sulfide) groups is 1. The highest BCUT2D eigenvalue weighted by Gasteiger charge is 2.09. The molecule has 0 aromatic carbocycles. The van der Waals surface area contributed by atoms with Crippen LogP contribution in [0.4, 0.5) is 4.39 Å². The quantitative estimate of drug-likeness (QED) is 0.484. The second kappa shape index (κ2) is 1.74. The van der Waals surface area contributed by atoms with Crippen LogP contribution in [0, 0.1) is 0 Å². The Morgan fingerprint density at radius 1 is 2.00 bits per heavy atom. The van der Waals surface area contributed by atoms with Crippen molar-refractivity contribution in [2.24, 2.45) is 0 Å². The molecular formula is C4H6FNS. The summed E-state index contributed by atoms with van der Waals surface area (Å²) in [4.78, 5) is 0. The number of nitrogens with one attached hydrogen (secondary N) is 1. The van der Waals surface area contributed by atoms with Crippen molar-refractivity contribution in [1.82, 2.24) is 5.32 Å². The summed E-state index contributed by atoms with van der Waals surface area (Å²) in [6.07, 6.45) is 0. The fourth-order valence-corrected chi connectivity index (χ4v) is 1.05. The molecule has 40 valence electrons. The minimum atomic E-state index is -0.903. The zero-order valence-corrected chi connectivity index (χ0v) is 4.76. The van der Waals surface area contributed by atoms with Crippen LogP contribution in [-0.4, -0.2) is 5.63 Å². The summed E-state index contributed by atoms with van der Waals surface area (Å²) < 4.78 is 12.0. The van der Waals surface area contributed by atoms with E-state index in [0.29, 0.717) is 0 Å². The maximum Gasteiger partial charge on any atom is 0.221 e. The summed E-state index contributed by atoms with van der Waals surface area (Å²) >= 11 is 1.17. The van der Waals surface area contributed by atoms with Crippen molar-refractivity contribution in [3.63, 3.8) is 0 Å². The molecule has 1 rings (SSSR count). The molecule has 0 aliphatic carbocycles. The molecule has 0 fully saturated rings. The maximum absolute atomic E-state index is 12.0. The lowest BCUT2D eigenvalue weighted by Gasteiger charge is -1.96. The summed E-state index contributed by atoms with van der Waals surface area (Å²) in [6, 6.07) is 0. The van der Waals surface area contributed by atoms with Crippen molar-refractivity contribution in [2.75, 3.05) is 0 Å². The van der Waals surface area contributed by atoms with Crippen LogP contribution >= 0.6 is 11.8 Å². The van der Waals surface area contributed by atoms with Crippen LogP contribution in [0.5, 0.6) is 0 Å². The van der Waals surface area contributed by atoms with E-state index < -0.39 is 5.63 Å². The summed E-state index contributed by atoms with van der Waals surface area (Å²) in [7, 11) is 0. The van der Waals surface area contributed by atoms with Crippen LogP contribution in [0.15, 0.2) is 11.1 Å². The average molecular weight is 119 g/mol. The smallest absolute Gasteiger partial charge is 0.221 e. The molecular weight excluding hydrogens is 113 g/mol.